The minimum absolute atomic E-state index is 0.0629. The quantitative estimate of drug-likeness (QED) is 0.831. The zero-order valence-electron chi connectivity index (χ0n) is 13.8. The van der Waals surface area contributed by atoms with Crippen LogP contribution in [-0.4, -0.2) is 45.5 Å². The van der Waals surface area contributed by atoms with Gasteiger partial charge in [-0.1, -0.05) is 0 Å². The topological polar surface area (TPSA) is 75.0 Å². The second-order valence-electron chi connectivity index (χ2n) is 6.90. The molecule has 25 heavy (non-hydrogen) atoms. The predicted molar refractivity (Wildman–Crippen MR) is 87.4 cm³/mol. The molecule has 0 atom stereocenters. The number of aromatic nitrogens is 3. The van der Waals surface area contributed by atoms with Crippen LogP contribution in [0.3, 0.4) is 0 Å². The van der Waals surface area contributed by atoms with Crippen LogP contribution in [0.1, 0.15) is 31.2 Å². The van der Waals surface area contributed by atoms with Crippen LogP contribution in [0.5, 0.6) is 0 Å². The van der Waals surface area contributed by atoms with E-state index in [-0.39, 0.29) is 12.1 Å². The van der Waals surface area contributed by atoms with E-state index in [9.17, 15) is 4.79 Å². The number of hydrogen-bond donors (Lipinski definition) is 0. The zero-order chi connectivity index (χ0) is 16.9. The Bertz CT molecular complexity index is 845. The molecular formula is C18H19N3O4. The number of carbonyl (C=O) groups is 1. The van der Waals surface area contributed by atoms with Gasteiger partial charge in [-0.2, -0.15) is 5.10 Å². The summed E-state index contributed by atoms with van der Waals surface area (Å²) in [6.07, 6.45) is 8.00. The summed E-state index contributed by atoms with van der Waals surface area (Å²) in [5, 5.41) is 4.14. The Labute approximate surface area is 144 Å². The van der Waals surface area contributed by atoms with E-state index >= 15 is 0 Å². The molecule has 5 rings (SSSR count). The lowest BCUT2D eigenvalue weighted by atomic mass is 9.76. The molecule has 0 aromatic carbocycles. The van der Waals surface area contributed by atoms with Crippen molar-refractivity contribution in [3.8, 4) is 0 Å². The number of nitrogens with zero attached hydrogens (tertiary/aromatic N) is 3. The van der Waals surface area contributed by atoms with Crippen LogP contribution in [0.25, 0.3) is 11.4 Å². The molecule has 0 N–H and O–H groups in total. The number of fused-ring (bicyclic) bond motifs is 1. The van der Waals surface area contributed by atoms with Gasteiger partial charge in [0.2, 0.25) is 5.78 Å². The monoisotopic (exact) mass is 341 g/mol. The maximum Gasteiger partial charge on any atom is 0.202 e. The minimum Gasteiger partial charge on any atom is -0.478 e. The minimum atomic E-state index is -0.720. The van der Waals surface area contributed by atoms with Crippen molar-refractivity contribution in [2.75, 3.05) is 13.2 Å². The van der Waals surface area contributed by atoms with Gasteiger partial charge in [0.25, 0.3) is 0 Å². The predicted octanol–water partition coefficient (Wildman–Crippen LogP) is 1.97. The van der Waals surface area contributed by atoms with E-state index in [1.54, 1.807) is 10.6 Å². The average Bonchev–Trinajstić information content (AvgIpc) is 3.37. The fourth-order valence-electron chi connectivity index (χ4n) is 4.02. The van der Waals surface area contributed by atoms with Crippen molar-refractivity contribution in [1.82, 2.24) is 14.6 Å². The van der Waals surface area contributed by atoms with Gasteiger partial charge in [0.05, 0.1) is 13.2 Å². The summed E-state index contributed by atoms with van der Waals surface area (Å²) in [6, 6.07) is 3.78. The van der Waals surface area contributed by atoms with E-state index in [0.29, 0.717) is 37.7 Å². The fraction of sp³-hybridized carbons (Fsp3) is 0.500. The first-order valence-corrected chi connectivity index (χ1v) is 8.72. The van der Waals surface area contributed by atoms with E-state index in [1.165, 1.54) is 6.33 Å². The standard InChI is InChI=1S/C18H19N3O4/c22-15-9-14(13-1-2-16-19-11-20-21(16)10-13)25-18(15)5-3-12(4-6-18)17-23-7-8-24-17/h1-2,9-12,17H,3-8H2. The van der Waals surface area contributed by atoms with Crippen molar-refractivity contribution in [3.05, 3.63) is 36.3 Å². The summed E-state index contributed by atoms with van der Waals surface area (Å²) >= 11 is 0. The second-order valence-corrected chi connectivity index (χ2v) is 6.90. The molecular weight excluding hydrogens is 322 g/mol. The molecule has 1 spiro atoms. The highest BCUT2D eigenvalue weighted by molar-refractivity contribution is 6.05. The largest absolute Gasteiger partial charge is 0.478 e. The molecule has 1 saturated heterocycles. The van der Waals surface area contributed by atoms with Gasteiger partial charge in [0, 0.05) is 23.8 Å². The molecule has 0 unspecified atom stereocenters. The van der Waals surface area contributed by atoms with Crippen molar-refractivity contribution in [2.24, 2.45) is 5.92 Å². The zero-order valence-corrected chi connectivity index (χ0v) is 13.8. The van der Waals surface area contributed by atoms with Gasteiger partial charge in [-0.25, -0.2) is 9.50 Å². The number of rotatable bonds is 2. The summed E-state index contributed by atoms with van der Waals surface area (Å²) in [5.74, 6) is 1.03. The number of ketones is 1. The smallest absolute Gasteiger partial charge is 0.202 e. The second kappa shape index (κ2) is 5.64. The molecule has 0 radical (unpaired) electrons. The van der Waals surface area contributed by atoms with Crippen molar-refractivity contribution in [2.45, 2.75) is 37.6 Å². The van der Waals surface area contributed by atoms with Gasteiger partial charge in [0.15, 0.2) is 17.5 Å². The first-order valence-electron chi connectivity index (χ1n) is 8.72. The summed E-state index contributed by atoms with van der Waals surface area (Å²) in [6.45, 7) is 1.33. The summed E-state index contributed by atoms with van der Waals surface area (Å²) < 4.78 is 19.1. The SMILES string of the molecule is O=C1C=C(c2ccc3ncnn3c2)OC12CCC(C1OCCO1)CC2. The molecule has 2 aromatic heterocycles. The molecule has 2 aromatic rings. The fourth-order valence-corrected chi connectivity index (χ4v) is 4.02. The Morgan fingerprint density at radius 3 is 2.76 bits per heavy atom. The molecule has 1 saturated carbocycles. The number of carbonyl (C=O) groups excluding carboxylic acids is 1. The van der Waals surface area contributed by atoms with Crippen LogP contribution in [0.2, 0.25) is 0 Å². The van der Waals surface area contributed by atoms with Crippen molar-refractivity contribution < 1.29 is 19.0 Å². The molecule has 3 aliphatic rings. The molecule has 0 amide bonds. The molecule has 0 bridgehead atoms. The first kappa shape index (κ1) is 15.0. The third-order valence-corrected chi connectivity index (χ3v) is 5.45. The Hall–Kier alpha value is -2.25. The van der Waals surface area contributed by atoms with Gasteiger partial charge in [-0.15, -0.1) is 0 Å². The van der Waals surface area contributed by atoms with Crippen LogP contribution in [0, 0.1) is 5.92 Å². The number of hydrogen-bond acceptors (Lipinski definition) is 6. The third-order valence-electron chi connectivity index (χ3n) is 5.45. The van der Waals surface area contributed by atoms with Gasteiger partial charge < -0.3 is 14.2 Å². The van der Waals surface area contributed by atoms with Crippen LogP contribution < -0.4 is 0 Å². The maximum absolute atomic E-state index is 12.7. The van der Waals surface area contributed by atoms with Crippen LogP contribution in [-0.2, 0) is 19.0 Å². The highest BCUT2D eigenvalue weighted by atomic mass is 16.7. The van der Waals surface area contributed by atoms with Crippen molar-refractivity contribution >= 4 is 17.2 Å². The summed E-state index contributed by atoms with van der Waals surface area (Å²) in [7, 11) is 0. The van der Waals surface area contributed by atoms with Crippen molar-refractivity contribution in [1.29, 1.82) is 0 Å². The number of pyridine rings is 1. The molecule has 1 aliphatic carbocycles. The Kier molecular flexibility index (Phi) is 3.39. The van der Waals surface area contributed by atoms with Gasteiger partial charge in [-0.3, -0.25) is 4.79 Å². The third kappa shape index (κ3) is 2.46. The van der Waals surface area contributed by atoms with E-state index in [4.69, 9.17) is 14.2 Å². The van der Waals surface area contributed by atoms with Crippen molar-refractivity contribution in [3.63, 3.8) is 0 Å². The average molecular weight is 341 g/mol. The van der Waals surface area contributed by atoms with Crippen LogP contribution in [0.15, 0.2) is 30.7 Å². The van der Waals surface area contributed by atoms with Crippen LogP contribution in [0.4, 0.5) is 0 Å². The van der Waals surface area contributed by atoms with Crippen LogP contribution >= 0.6 is 0 Å². The highest BCUT2D eigenvalue weighted by Crippen LogP contribution is 2.44. The normalized spacial score (nSPS) is 30.2. The lowest BCUT2D eigenvalue weighted by Gasteiger charge is -2.37. The summed E-state index contributed by atoms with van der Waals surface area (Å²) in [5.41, 5.74) is 0.884. The molecule has 2 fully saturated rings. The Morgan fingerprint density at radius 2 is 1.96 bits per heavy atom. The molecule has 130 valence electrons. The van der Waals surface area contributed by atoms with E-state index in [2.05, 4.69) is 10.1 Å². The Morgan fingerprint density at radius 1 is 1.16 bits per heavy atom. The molecule has 7 nitrogen and oxygen atoms in total. The lowest BCUT2D eigenvalue weighted by Crippen LogP contribution is -2.42. The maximum atomic E-state index is 12.7. The highest BCUT2D eigenvalue weighted by Gasteiger charge is 2.48. The molecule has 4 heterocycles. The molecule has 7 heteroatoms. The van der Waals surface area contributed by atoms with Gasteiger partial charge >= 0.3 is 0 Å². The van der Waals surface area contributed by atoms with Gasteiger partial charge in [-0.05, 0) is 37.8 Å². The summed E-state index contributed by atoms with van der Waals surface area (Å²) in [4.78, 5) is 16.8. The lowest BCUT2D eigenvalue weighted by molar-refractivity contribution is -0.139. The van der Waals surface area contributed by atoms with E-state index < -0.39 is 5.60 Å². The van der Waals surface area contributed by atoms with E-state index in [0.717, 1.165) is 24.1 Å². The number of ether oxygens (including phenoxy) is 3. The first-order chi connectivity index (χ1) is 12.2. The van der Waals surface area contributed by atoms with Gasteiger partial charge in [0.1, 0.15) is 12.1 Å². The van der Waals surface area contributed by atoms with E-state index in [1.807, 2.05) is 18.3 Å². The Balaban J connectivity index is 1.33. The molecule has 2 aliphatic heterocycles.